The smallest absolute Gasteiger partial charge is 0.224 e. The van der Waals surface area contributed by atoms with Crippen molar-refractivity contribution in [3.8, 4) is 23.0 Å². The van der Waals surface area contributed by atoms with Gasteiger partial charge < -0.3 is 29.6 Å². The average Bonchev–Trinajstić information content (AvgIpc) is 2.98. The first-order valence-electron chi connectivity index (χ1n) is 11.9. The lowest BCUT2D eigenvalue weighted by atomic mass is 10.0. The summed E-state index contributed by atoms with van der Waals surface area (Å²) in [6.45, 7) is 0.754. The molecule has 2 aromatic carbocycles. The predicted octanol–water partition coefficient (Wildman–Crippen LogP) is 5.01. The van der Waals surface area contributed by atoms with Crippen LogP contribution in [-0.4, -0.2) is 49.2 Å². The molecule has 0 saturated carbocycles. The molecule has 0 amide bonds. The van der Waals surface area contributed by atoms with Crippen molar-refractivity contribution in [2.75, 3.05) is 39.1 Å². The van der Waals surface area contributed by atoms with E-state index in [2.05, 4.69) is 25.6 Å². The molecular weight excluding hydrogens is 522 g/mol. The van der Waals surface area contributed by atoms with Crippen LogP contribution < -0.4 is 29.6 Å². The van der Waals surface area contributed by atoms with E-state index in [4.69, 9.17) is 30.5 Å². The van der Waals surface area contributed by atoms with Crippen LogP contribution in [0, 0.1) is 0 Å². The van der Waals surface area contributed by atoms with Gasteiger partial charge in [-0.3, -0.25) is 9.78 Å². The lowest BCUT2D eigenvalue weighted by Gasteiger charge is -2.16. The number of anilines is 2. The highest BCUT2D eigenvalue weighted by molar-refractivity contribution is 6.32. The second kappa shape index (κ2) is 12.8. The molecule has 4 rings (SSSR count). The number of ether oxygens (including phenoxy) is 4. The topological polar surface area (TPSA) is 117 Å². The normalized spacial score (nSPS) is 10.5. The first-order chi connectivity index (χ1) is 19.0. The average molecular weight is 550 g/mol. The molecule has 0 unspecified atom stereocenters. The highest BCUT2D eigenvalue weighted by Crippen LogP contribution is 2.39. The summed E-state index contributed by atoms with van der Waals surface area (Å²) in [7, 11) is 6.04. The number of carbonyl (C=O) groups is 1. The van der Waals surface area contributed by atoms with E-state index in [1.807, 2.05) is 24.3 Å². The maximum Gasteiger partial charge on any atom is 0.224 e. The summed E-state index contributed by atoms with van der Waals surface area (Å²) in [5.74, 6) is 2.00. The van der Waals surface area contributed by atoms with E-state index >= 15 is 0 Å². The van der Waals surface area contributed by atoms with Crippen LogP contribution in [0.5, 0.6) is 23.0 Å². The number of hydrogen-bond donors (Lipinski definition) is 2. The highest BCUT2D eigenvalue weighted by Gasteiger charge is 2.22. The Kier molecular flexibility index (Phi) is 9.01. The van der Waals surface area contributed by atoms with E-state index in [-0.39, 0.29) is 11.3 Å². The molecule has 0 atom stereocenters. The molecule has 0 aliphatic carbocycles. The van der Waals surface area contributed by atoms with Gasteiger partial charge in [0.1, 0.15) is 11.6 Å². The Balaban J connectivity index is 1.67. The van der Waals surface area contributed by atoms with E-state index in [9.17, 15) is 4.79 Å². The Bertz CT molecular complexity index is 1430. The van der Waals surface area contributed by atoms with Gasteiger partial charge in [-0.05, 0) is 42.0 Å². The molecule has 202 valence electrons. The van der Waals surface area contributed by atoms with Gasteiger partial charge in [0.25, 0.3) is 0 Å². The maximum absolute atomic E-state index is 13.7. The van der Waals surface area contributed by atoms with Crippen molar-refractivity contribution in [1.82, 2.24) is 15.0 Å². The van der Waals surface area contributed by atoms with E-state index in [0.29, 0.717) is 58.4 Å². The lowest BCUT2D eigenvalue weighted by Crippen LogP contribution is -2.14. The van der Waals surface area contributed by atoms with Crippen molar-refractivity contribution in [3.63, 3.8) is 0 Å². The van der Waals surface area contributed by atoms with Crippen LogP contribution in [0.1, 0.15) is 27.2 Å². The number of hydrogen-bond acceptors (Lipinski definition) is 10. The van der Waals surface area contributed by atoms with Crippen LogP contribution in [-0.2, 0) is 13.1 Å². The number of ketones is 1. The minimum Gasteiger partial charge on any atom is -0.495 e. The highest BCUT2D eigenvalue weighted by atomic mass is 35.5. The minimum absolute atomic E-state index is 0.257. The Labute approximate surface area is 231 Å². The number of nitrogens with zero attached hydrogens (tertiary/aromatic N) is 3. The lowest BCUT2D eigenvalue weighted by molar-refractivity contribution is 0.103. The summed E-state index contributed by atoms with van der Waals surface area (Å²) >= 11 is 6.30. The summed E-state index contributed by atoms with van der Waals surface area (Å²) < 4.78 is 21.5. The fourth-order valence-corrected chi connectivity index (χ4v) is 4.09. The van der Waals surface area contributed by atoms with Gasteiger partial charge in [-0.1, -0.05) is 23.7 Å². The van der Waals surface area contributed by atoms with Crippen LogP contribution >= 0.6 is 11.6 Å². The van der Waals surface area contributed by atoms with Crippen molar-refractivity contribution >= 4 is 29.2 Å². The van der Waals surface area contributed by atoms with Gasteiger partial charge in [-0.25, -0.2) is 4.98 Å². The standard InChI is InChI=1S/C28H28ClN5O5/c1-36-22-9-8-17(11-21(22)29)14-31-27-20(16-33-28(34-27)32-15-19-7-5-6-10-30-19)25(35)18-12-23(37-2)26(39-4)24(13-18)38-3/h5-13,16H,14-15H2,1-4H3,(H2,31,32,33,34). The van der Waals surface area contributed by atoms with Gasteiger partial charge in [0, 0.05) is 24.5 Å². The first-order valence-corrected chi connectivity index (χ1v) is 12.3. The largest absolute Gasteiger partial charge is 0.495 e. The Hall–Kier alpha value is -4.57. The Morgan fingerprint density at radius 1 is 0.846 bits per heavy atom. The molecular formula is C28H28ClN5O5. The summed E-state index contributed by atoms with van der Waals surface area (Å²) in [6, 6.07) is 14.3. The minimum atomic E-state index is -0.333. The first kappa shape index (κ1) is 27.5. The number of benzene rings is 2. The molecule has 0 aliphatic rings. The Morgan fingerprint density at radius 3 is 2.21 bits per heavy atom. The van der Waals surface area contributed by atoms with E-state index in [1.165, 1.54) is 27.5 Å². The molecule has 2 heterocycles. The van der Waals surface area contributed by atoms with Gasteiger partial charge in [0.2, 0.25) is 11.7 Å². The van der Waals surface area contributed by atoms with Gasteiger partial charge in [0.05, 0.1) is 51.3 Å². The molecule has 0 aliphatic heterocycles. The van der Waals surface area contributed by atoms with Crippen LogP contribution in [0.25, 0.3) is 0 Å². The number of aromatic nitrogens is 3. The summed E-state index contributed by atoms with van der Waals surface area (Å²) in [5.41, 5.74) is 2.26. The second-order valence-corrected chi connectivity index (χ2v) is 8.60. The van der Waals surface area contributed by atoms with Crippen LogP contribution in [0.3, 0.4) is 0 Å². The fraction of sp³-hybridized carbons (Fsp3) is 0.214. The van der Waals surface area contributed by atoms with Gasteiger partial charge in [0.15, 0.2) is 17.3 Å². The van der Waals surface area contributed by atoms with Crippen LogP contribution in [0.2, 0.25) is 5.02 Å². The van der Waals surface area contributed by atoms with E-state index in [0.717, 1.165) is 11.3 Å². The van der Waals surface area contributed by atoms with E-state index < -0.39 is 0 Å². The number of halogens is 1. The number of nitrogens with one attached hydrogen (secondary N) is 2. The zero-order valence-electron chi connectivity index (χ0n) is 21.9. The van der Waals surface area contributed by atoms with Crippen molar-refractivity contribution in [3.05, 3.63) is 88.3 Å². The maximum atomic E-state index is 13.7. The SMILES string of the molecule is COc1ccc(CNc2nc(NCc3ccccn3)ncc2C(=O)c2cc(OC)c(OC)c(OC)c2)cc1Cl. The zero-order chi connectivity index (χ0) is 27.8. The van der Waals surface area contributed by atoms with Crippen LogP contribution in [0.15, 0.2) is 60.9 Å². The molecule has 4 aromatic rings. The molecule has 0 saturated heterocycles. The van der Waals surface area contributed by atoms with Crippen molar-refractivity contribution < 1.29 is 23.7 Å². The van der Waals surface area contributed by atoms with Crippen LogP contribution in [0.4, 0.5) is 11.8 Å². The monoisotopic (exact) mass is 549 g/mol. The quantitative estimate of drug-likeness (QED) is 0.233. The number of methoxy groups -OCH3 is 4. The van der Waals surface area contributed by atoms with Gasteiger partial charge >= 0.3 is 0 Å². The third-order valence-electron chi connectivity index (χ3n) is 5.79. The Morgan fingerprint density at radius 2 is 1.59 bits per heavy atom. The molecule has 2 N–H and O–H groups in total. The molecule has 0 radical (unpaired) electrons. The molecule has 10 nitrogen and oxygen atoms in total. The third-order valence-corrected chi connectivity index (χ3v) is 6.09. The van der Waals surface area contributed by atoms with Crippen molar-refractivity contribution in [2.45, 2.75) is 13.1 Å². The molecule has 0 spiro atoms. The predicted molar refractivity (Wildman–Crippen MR) is 148 cm³/mol. The summed E-state index contributed by atoms with van der Waals surface area (Å²) in [5, 5.41) is 6.88. The third kappa shape index (κ3) is 6.47. The zero-order valence-corrected chi connectivity index (χ0v) is 22.7. The number of rotatable bonds is 12. The van der Waals surface area contributed by atoms with Gasteiger partial charge in [-0.15, -0.1) is 0 Å². The second-order valence-electron chi connectivity index (χ2n) is 8.20. The number of carbonyl (C=O) groups excluding carboxylic acids is 1. The summed E-state index contributed by atoms with van der Waals surface area (Å²) in [4.78, 5) is 27.0. The van der Waals surface area contributed by atoms with Gasteiger partial charge in [-0.2, -0.15) is 4.98 Å². The molecule has 39 heavy (non-hydrogen) atoms. The molecule has 11 heteroatoms. The van der Waals surface area contributed by atoms with E-state index in [1.54, 1.807) is 37.6 Å². The molecule has 0 bridgehead atoms. The number of pyridine rings is 1. The molecule has 2 aromatic heterocycles. The van der Waals surface area contributed by atoms with Crippen molar-refractivity contribution in [2.24, 2.45) is 0 Å². The molecule has 0 fully saturated rings. The van der Waals surface area contributed by atoms with Crippen molar-refractivity contribution in [1.29, 1.82) is 0 Å². The summed E-state index contributed by atoms with van der Waals surface area (Å²) in [6.07, 6.45) is 3.19. The fourth-order valence-electron chi connectivity index (χ4n) is 3.81.